The summed E-state index contributed by atoms with van der Waals surface area (Å²) >= 11 is 0. The lowest BCUT2D eigenvalue weighted by atomic mass is 10.1. The molecule has 0 spiro atoms. The van der Waals surface area contributed by atoms with Gasteiger partial charge < -0.3 is 5.32 Å². The molecule has 1 N–H and O–H groups in total. The Kier molecular flexibility index (Phi) is 6.83. The van der Waals surface area contributed by atoms with E-state index in [0.717, 1.165) is 30.0 Å². The minimum atomic E-state index is 0.0238. The zero-order chi connectivity index (χ0) is 20.8. The van der Waals surface area contributed by atoms with Crippen molar-refractivity contribution in [2.75, 3.05) is 13.6 Å². The Morgan fingerprint density at radius 2 is 1.72 bits per heavy atom. The van der Waals surface area contributed by atoms with Gasteiger partial charge in [0.1, 0.15) is 0 Å². The van der Waals surface area contributed by atoms with Crippen LogP contribution in [-0.2, 0) is 24.4 Å². The average Bonchev–Trinajstić information content (AvgIpc) is 2.95. The van der Waals surface area contributed by atoms with Crippen LogP contribution in [0.5, 0.6) is 0 Å². The second-order valence-electron chi connectivity index (χ2n) is 7.67. The summed E-state index contributed by atoms with van der Waals surface area (Å²) < 4.78 is 2.01. The number of carbonyl (C=O) groups excluding carboxylic acids is 1. The lowest BCUT2D eigenvalue weighted by Crippen LogP contribution is -2.34. The van der Waals surface area contributed by atoms with Crippen molar-refractivity contribution in [1.29, 1.82) is 0 Å². The molecule has 0 unspecified atom stereocenters. The van der Waals surface area contributed by atoms with Crippen LogP contribution < -0.4 is 5.32 Å². The molecule has 0 aliphatic heterocycles. The number of likely N-dealkylation sites (N-methyl/N-ethyl adjacent to an activating group) is 1. The average molecular weight is 391 g/mol. The van der Waals surface area contributed by atoms with E-state index in [9.17, 15) is 4.79 Å². The van der Waals surface area contributed by atoms with Crippen molar-refractivity contribution < 1.29 is 4.79 Å². The minimum absolute atomic E-state index is 0.0238. The van der Waals surface area contributed by atoms with Gasteiger partial charge in [-0.15, -0.1) is 0 Å². The number of nitrogens with one attached hydrogen (secondary N) is 1. The quantitative estimate of drug-likeness (QED) is 0.639. The number of aryl methyl sites for hydroxylation is 2. The highest BCUT2D eigenvalue weighted by Gasteiger charge is 2.14. The van der Waals surface area contributed by atoms with Crippen molar-refractivity contribution in [3.63, 3.8) is 0 Å². The van der Waals surface area contributed by atoms with Gasteiger partial charge in [0, 0.05) is 24.3 Å². The number of rotatable bonds is 8. The number of carbonyl (C=O) groups is 1. The van der Waals surface area contributed by atoms with Crippen molar-refractivity contribution in [2.45, 2.75) is 40.4 Å². The van der Waals surface area contributed by atoms with E-state index in [1.165, 1.54) is 16.7 Å². The highest BCUT2D eigenvalue weighted by atomic mass is 16.2. The van der Waals surface area contributed by atoms with Crippen LogP contribution in [0.1, 0.15) is 33.6 Å². The van der Waals surface area contributed by atoms with Gasteiger partial charge in [0.05, 0.1) is 18.8 Å². The monoisotopic (exact) mass is 390 g/mol. The van der Waals surface area contributed by atoms with E-state index in [0.29, 0.717) is 13.1 Å². The molecule has 1 amide bonds. The third kappa shape index (κ3) is 5.55. The van der Waals surface area contributed by atoms with Crippen LogP contribution in [0, 0.1) is 20.8 Å². The van der Waals surface area contributed by atoms with Crippen molar-refractivity contribution in [2.24, 2.45) is 0 Å². The minimum Gasteiger partial charge on any atom is -0.351 e. The topological polar surface area (TPSA) is 50.2 Å². The van der Waals surface area contributed by atoms with E-state index in [-0.39, 0.29) is 5.91 Å². The Morgan fingerprint density at radius 3 is 2.45 bits per heavy atom. The molecule has 1 aromatic heterocycles. The van der Waals surface area contributed by atoms with E-state index < -0.39 is 0 Å². The first-order valence-electron chi connectivity index (χ1n) is 10.0. The molecular weight excluding hydrogens is 360 g/mol. The Balaban J connectivity index is 1.55. The standard InChI is InChI=1S/C24H30N4O/c1-18-10-8-9-13-22(18)16-27(4)17-24(29)25-14-23-19(2)26-28(20(23)3)15-21-11-6-5-7-12-21/h5-13H,14-17H2,1-4H3,(H,25,29). The Morgan fingerprint density at radius 1 is 1.03 bits per heavy atom. The molecule has 0 bridgehead atoms. The molecule has 1 heterocycles. The molecular formula is C24H30N4O. The molecule has 0 saturated heterocycles. The van der Waals surface area contributed by atoms with Gasteiger partial charge in [-0.3, -0.25) is 14.4 Å². The van der Waals surface area contributed by atoms with Crippen molar-refractivity contribution in [3.05, 3.63) is 88.2 Å². The molecule has 5 nitrogen and oxygen atoms in total. The molecule has 0 atom stereocenters. The molecule has 0 radical (unpaired) electrons. The molecule has 3 rings (SSSR count). The van der Waals surface area contributed by atoms with Crippen LogP contribution in [0.15, 0.2) is 54.6 Å². The lowest BCUT2D eigenvalue weighted by Gasteiger charge is -2.17. The fourth-order valence-electron chi connectivity index (χ4n) is 3.52. The van der Waals surface area contributed by atoms with E-state index in [2.05, 4.69) is 48.5 Å². The Labute approximate surface area is 173 Å². The van der Waals surface area contributed by atoms with Gasteiger partial charge in [-0.2, -0.15) is 5.10 Å². The summed E-state index contributed by atoms with van der Waals surface area (Å²) in [4.78, 5) is 14.5. The summed E-state index contributed by atoms with van der Waals surface area (Å²) in [6.07, 6.45) is 0. The second-order valence-corrected chi connectivity index (χ2v) is 7.67. The summed E-state index contributed by atoms with van der Waals surface area (Å²) in [6, 6.07) is 18.6. The maximum atomic E-state index is 12.4. The number of benzene rings is 2. The molecule has 5 heteroatoms. The van der Waals surface area contributed by atoms with Crippen LogP contribution in [0.4, 0.5) is 0 Å². The van der Waals surface area contributed by atoms with Crippen molar-refractivity contribution in [1.82, 2.24) is 20.0 Å². The zero-order valence-electron chi connectivity index (χ0n) is 17.8. The Hall–Kier alpha value is -2.92. The first-order valence-corrected chi connectivity index (χ1v) is 10.0. The second kappa shape index (κ2) is 9.52. The predicted octanol–water partition coefficient (Wildman–Crippen LogP) is 3.60. The maximum absolute atomic E-state index is 12.4. The third-order valence-corrected chi connectivity index (χ3v) is 5.28. The maximum Gasteiger partial charge on any atom is 0.234 e. The highest BCUT2D eigenvalue weighted by Crippen LogP contribution is 2.15. The van der Waals surface area contributed by atoms with Gasteiger partial charge in [0.2, 0.25) is 5.91 Å². The van der Waals surface area contributed by atoms with Crippen LogP contribution in [0.2, 0.25) is 0 Å². The molecule has 29 heavy (non-hydrogen) atoms. The SMILES string of the molecule is Cc1ccccc1CN(C)CC(=O)NCc1c(C)nn(Cc2ccccc2)c1C. The Bertz CT molecular complexity index is 962. The van der Waals surface area contributed by atoms with E-state index in [1.54, 1.807) is 0 Å². The zero-order valence-corrected chi connectivity index (χ0v) is 17.8. The first-order chi connectivity index (χ1) is 13.9. The summed E-state index contributed by atoms with van der Waals surface area (Å²) in [7, 11) is 1.97. The van der Waals surface area contributed by atoms with Crippen LogP contribution >= 0.6 is 0 Å². The largest absolute Gasteiger partial charge is 0.351 e. The molecule has 3 aromatic rings. The number of hydrogen-bond acceptors (Lipinski definition) is 3. The molecule has 0 saturated carbocycles. The summed E-state index contributed by atoms with van der Waals surface area (Å²) in [5, 5.41) is 7.72. The molecule has 2 aromatic carbocycles. The van der Waals surface area contributed by atoms with Gasteiger partial charge >= 0.3 is 0 Å². The van der Waals surface area contributed by atoms with Gasteiger partial charge in [-0.05, 0) is 44.5 Å². The number of nitrogens with zero attached hydrogens (tertiary/aromatic N) is 3. The van der Waals surface area contributed by atoms with Gasteiger partial charge in [-0.1, -0.05) is 54.6 Å². The summed E-state index contributed by atoms with van der Waals surface area (Å²) in [6.45, 7) is 8.53. The van der Waals surface area contributed by atoms with Gasteiger partial charge in [0.15, 0.2) is 0 Å². The highest BCUT2D eigenvalue weighted by molar-refractivity contribution is 5.78. The number of aromatic nitrogens is 2. The first kappa shape index (κ1) is 20.8. The molecule has 152 valence electrons. The van der Waals surface area contributed by atoms with Crippen LogP contribution in [0.25, 0.3) is 0 Å². The van der Waals surface area contributed by atoms with Crippen molar-refractivity contribution >= 4 is 5.91 Å². The molecule has 0 aliphatic carbocycles. The third-order valence-electron chi connectivity index (χ3n) is 5.28. The van der Waals surface area contributed by atoms with E-state index in [4.69, 9.17) is 0 Å². The normalized spacial score (nSPS) is 11.1. The van der Waals surface area contributed by atoms with Crippen LogP contribution in [-0.4, -0.2) is 34.2 Å². The number of amides is 1. The number of hydrogen-bond donors (Lipinski definition) is 1. The van der Waals surface area contributed by atoms with E-state index >= 15 is 0 Å². The smallest absolute Gasteiger partial charge is 0.234 e. The lowest BCUT2D eigenvalue weighted by molar-refractivity contribution is -0.122. The predicted molar refractivity (Wildman–Crippen MR) is 117 cm³/mol. The molecule has 0 aliphatic rings. The summed E-state index contributed by atoms with van der Waals surface area (Å²) in [5.41, 5.74) is 6.86. The summed E-state index contributed by atoms with van der Waals surface area (Å²) in [5.74, 6) is 0.0238. The van der Waals surface area contributed by atoms with E-state index in [1.807, 2.05) is 53.9 Å². The van der Waals surface area contributed by atoms with Crippen molar-refractivity contribution in [3.8, 4) is 0 Å². The fourth-order valence-corrected chi connectivity index (χ4v) is 3.52. The van der Waals surface area contributed by atoms with Crippen LogP contribution in [0.3, 0.4) is 0 Å². The fraction of sp³-hybridized carbons (Fsp3) is 0.333. The van der Waals surface area contributed by atoms with Gasteiger partial charge in [0.25, 0.3) is 0 Å². The molecule has 0 fully saturated rings. The van der Waals surface area contributed by atoms with Gasteiger partial charge in [-0.25, -0.2) is 0 Å².